The van der Waals surface area contributed by atoms with Crippen molar-refractivity contribution in [3.8, 4) is 11.5 Å². The number of nitrogens with zero attached hydrogens (tertiary/aromatic N) is 1. The van der Waals surface area contributed by atoms with Gasteiger partial charge in [0.25, 0.3) is 5.91 Å². The van der Waals surface area contributed by atoms with Crippen LogP contribution in [0.1, 0.15) is 33.9 Å². The van der Waals surface area contributed by atoms with E-state index in [-0.39, 0.29) is 30.5 Å². The van der Waals surface area contributed by atoms with Gasteiger partial charge in [0.15, 0.2) is 11.5 Å². The molecule has 1 fully saturated rings. The fraction of sp³-hybridized carbons (Fsp3) is 0.444. The SMILES string of the molecule is Cl.NCc1nc(C(=O)NCC2(c3ccc4c(c3)OCO4)CCOCC2)cs1. The molecule has 4 rings (SSSR count). The average molecular weight is 412 g/mol. The van der Waals surface area contributed by atoms with E-state index < -0.39 is 0 Å². The number of thiazole rings is 1. The maximum Gasteiger partial charge on any atom is 0.270 e. The first kappa shape index (κ1) is 19.9. The topological polar surface area (TPSA) is 95.7 Å². The van der Waals surface area contributed by atoms with Gasteiger partial charge in [-0.2, -0.15) is 0 Å². The van der Waals surface area contributed by atoms with Gasteiger partial charge in [0, 0.05) is 37.1 Å². The summed E-state index contributed by atoms with van der Waals surface area (Å²) in [5.74, 6) is 1.34. The van der Waals surface area contributed by atoms with Crippen LogP contribution in [-0.4, -0.2) is 37.4 Å². The zero-order valence-electron chi connectivity index (χ0n) is 14.7. The number of nitrogens with two attached hydrogens (primary N) is 1. The molecule has 1 saturated heterocycles. The van der Waals surface area contributed by atoms with Crippen LogP contribution in [0.2, 0.25) is 0 Å². The van der Waals surface area contributed by atoms with Crippen LogP contribution in [-0.2, 0) is 16.7 Å². The zero-order valence-corrected chi connectivity index (χ0v) is 16.4. The van der Waals surface area contributed by atoms with Gasteiger partial charge in [-0.25, -0.2) is 4.98 Å². The third kappa shape index (κ3) is 4.03. The fourth-order valence-electron chi connectivity index (χ4n) is 3.41. The fourth-order valence-corrected chi connectivity index (χ4v) is 4.06. The van der Waals surface area contributed by atoms with Crippen molar-refractivity contribution in [3.63, 3.8) is 0 Å². The van der Waals surface area contributed by atoms with E-state index in [1.165, 1.54) is 11.3 Å². The van der Waals surface area contributed by atoms with Gasteiger partial charge < -0.3 is 25.3 Å². The number of rotatable bonds is 5. The second-order valence-corrected chi connectivity index (χ2v) is 7.42. The molecule has 1 aromatic carbocycles. The molecule has 0 unspecified atom stereocenters. The van der Waals surface area contributed by atoms with Crippen LogP contribution in [0, 0.1) is 0 Å². The summed E-state index contributed by atoms with van der Waals surface area (Å²) >= 11 is 1.40. The highest BCUT2D eigenvalue weighted by Crippen LogP contribution is 2.40. The Morgan fingerprint density at radius 3 is 2.78 bits per heavy atom. The van der Waals surface area contributed by atoms with Gasteiger partial charge >= 0.3 is 0 Å². The van der Waals surface area contributed by atoms with Crippen LogP contribution in [0.4, 0.5) is 0 Å². The summed E-state index contributed by atoms with van der Waals surface area (Å²) in [7, 11) is 0. The number of carbonyl (C=O) groups excluding carboxylic acids is 1. The molecule has 0 bridgehead atoms. The van der Waals surface area contributed by atoms with Crippen molar-refractivity contribution in [1.82, 2.24) is 10.3 Å². The summed E-state index contributed by atoms with van der Waals surface area (Å²) in [6.07, 6.45) is 1.66. The van der Waals surface area contributed by atoms with E-state index in [2.05, 4.69) is 16.4 Å². The minimum Gasteiger partial charge on any atom is -0.454 e. The molecule has 0 saturated carbocycles. The van der Waals surface area contributed by atoms with E-state index in [0.717, 1.165) is 34.9 Å². The Hall–Kier alpha value is -1.87. The number of nitrogens with one attached hydrogen (secondary N) is 1. The predicted octanol–water partition coefficient (Wildman–Crippen LogP) is 2.23. The highest BCUT2D eigenvalue weighted by Gasteiger charge is 2.36. The molecule has 1 amide bonds. The van der Waals surface area contributed by atoms with Crippen LogP contribution < -0.4 is 20.5 Å². The Balaban J connectivity index is 0.00000210. The summed E-state index contributed by atoms with van der Waals surface area (Å²) in [6, 6.07) is 6.01. The van der Waals surface area contributed by atoms with E-state index >= 15 is 0 Å². The number of ether oxygens (including phenoxy) is 3. The molecule has 2 aliphatic heterocycles. The summed E-state index contributed by atoms with van der Waals surface area (Å²) in [5.41, 5.74) is 6.93. The van der Waals surface area contributed by atoms with Crippen molar-refractivity contribution in [2.24, 2.45) is 5.73 Å². The highest BCUT2D eigenvalue weighted by atomic mass is 35.5. The summed E-state index contributed by atoms with van der Waals surface area (Å²) in [4.78, 5) is 16.7. The molecule has 3 heterocycles. The Morgan fingerprint density at radius 2 is 2.04 bits per heavy atom. The van der Waals surface area contributed by atoms with E-state index in [1.54, 1.807) is 5.38 Å². The van der Waals surface area contributed by atoms with Gasteiger partial charge in [-0.3, -0.25) is 4.79 Å². The van der Waals surface area contributed by atoms with Crippen LogP contribution in [0.5, 0.6) is 11.5 Å². The molecular weight excluding hydrogens is 390 g/mol. The van der Waals surface area contributed by atoms with Crippen molar-refractivity contribution < 1.29 is 19.0 Å². The maximum absolute atomic E-state index is 12.5. The Morgan fingerprint density at radius 1 is 1.26 bits per heavy atom. The van der Waals surface area contributed by atoms with Crippen molar-refractivity contribution in [2.45, 2.75) is 24.8 Å². The molecule has 2 aromatic rings. The Kier molecular flexibility index (Phi) is 6.21. The molecule has 146 valence electrons. The maximum atomic E-state index is 12.5. The number of hydrogen-bond acceptors (Lipinski definition) is 7. The molecule has 2 aliphatic rings. The number of aromatic nitrogens is 1. The van der Waals surface area contributed by atoms with Gasteiger partial charge in [0.2, 0.25) is 6.79 Å². The van der Waals surface area contributed by atoms with Crippen molar-refractivity contribution in [1.29, 1.82) is 0 Å². The zero-order chi connectivity index (χ0) is 18.0. The van der Waals surface area contributed by atoms with Gasteiger partial charge in [-0.15, -0.1) is 23.7 Å². The van der Waals surface area contributed by atoms with Crippen LogP contribution in [0.25, 0.3) is 0 Å². The summed E-state index contributed by atoms with van der Waals surface area (Å²) < 4.78 is 16.5. The van der Waals surface area contributed by atoms with Gasteiger partial charge in [0.1, 0.15) is 10.7 Å². The smallest absolute Gasteiger partial charge is 0.270 e. The molecular formula is C18H22ClN3O4S. The molecule has 0 atom stereocenters. The Bertz CT molecular complexity index is 808. The monoisotopic (exact) mass is 411 g/mol. The van der Waals surface area contributed by atoms with E-state index in [9.17, 15) is 4.79 Å². The highest BCUT2D eigenvalue weighted by molar-refractivity contribution is 7.09. The van der Waals surface area contributed by atoms with Gasteiger partial charge in [-0.05, 0) is 30.5 Å². The Labute approximate surface area is 167 Å². The lowest BCUT2D eigenvalue weighted by molar-refractivity contribution is 0.0486. The third-order valence-corrected chi connectivity index (χ3v) is 5.85. The lowest BCUT2D eigenvalue weighted by Crippen LogP contribution is -2.44. The van der Waals surface area contributed by atoms with Crippen LogP contribution >= 0.6 is 23.7 Å². The summed E-state index contributed by atoms with van der Waals surface area (Å²) in [6.45, 7) is 2.44. The van der Waals surface area contributed by atoms with Crippen molar-refractivity contribution in [2.75, 3.05) is 26.6 Å². The number of amides is 1. The number of halogens is 1. The van der Waals surface area contributed by atoms with Crippen molar-refractivity contribution >= 4 is 29.7 Å². The molecule has 9 heteroatoms. The number of benzene rings is 1. The molecule has 7 nitrogen and oxygen atoms in total. The second kappa shape index (κ2) is 8.43. The molecule has 3 N–H and O–H groups in total. The van der Waals surface area contributed by atoms with Gasteiger partial charge in [-0.1, -0.05) is 6.07 Å². The molecule has 0 spiro atoms. The number of fused-ring (bicyclic) bond motifs is 1. The predicted molar refractivity (Wildman–Crippen MR) is 104 cm³/mol. The van der Waals surface area contributed by atoms with Crippen LogP contribution in [0.15, 0.2) is 23.6 Å². The summed E-state index contributed by atoms with van der Waals surface area (Å²) in [5, 5.41) is 5.55. The number of carbonyl (C=O) groups is 1. The first-order valence-corrected chi connectivity index (χ1v) is 9.49. The minimum atomic E-state index is -0.193. The molecule has 0 aliphatic carbocycles. The van der Waals surface area contributed by atoms with E-state index in [0.29, 0.717) is 32.0 Å². The lowest BCUT2D eigenvalue weighted by atomic mass is 9.74. The molecule has 0 radical (unpaired) electrons. The molecule has 27 heavy (non-hydrogen) atoms. The third-order valence-electron chi connectivity index (χ3n) is 4.98. The van der Waals surface area contributed by atoms with E-state index in [1.807, 2.05) is 12.1 Å². The largest absolute Gasteiger partial charge is 0.454 e. The quantitative estimate of drug-likeness (QED) is 0.783. The number of hydrogen-bond donors (Lipinski definition) is 2. The van der Waals surface area contributed by atoms with Gasteiger partial charge in [0.05, 0.1) is 0 Å². The van der Waals surface area contributed by atoms with Crippen molar-refractivity contribution in [3.05, 3.63) is 39.8 Å². The standard InChI is InChI=1S/C18H21N3O4S.ClH/c19-8-16-21-13(9-26-16)17(22)20-10-18(3-5-23-6-4-18)12-1-2-14-15(7-12)25-11-24-14;/h1-2,7,9H,3-6,8,10-11,19H2,(H,20,22);1H. The first-order valence-electron chi connectivity index (χ1n) is 8.61. The normalized spacial score (nSPS) is 17.2. The lowest BCUT2D eigenvalue weighted by Gasteiger charge is -2.38. The molecule has 1 aromatic heterocycles. The average Bonchev–Trinajstić information content (AvgIpc) is 3.35. The minimum absolute atomic E-state index is 0. The van der Waals surface area contributed by atoms with E-state index in [4.69, 9.17) is 19.9 Å². The second-order valence-electron chi connectivity index (χ2n) is 6.47. The first-order chi connectivity index (χ1) is 12.7. The van der Waals surface area contributed by atoms with Crippen LogP contribution in [0.3, 0.4) is 0 Å².